The van der Waals surface area contributed by atoms with Crippen molar-refractivity contribution in [2.45, 2.75) is 25.8 Å². The molecule has 1 aromatic carbocycles. The van der Waals surface area contributed by atoms with Crippen LogP contribution in [0.4, 0.5) is 0 Å². The molecule has 0 saturated carbocycles. The van der Waals surface area contributed by atoms with E-state index in [0.29, 0.717) is 0 Å². The summed E-state index contributed by atoms with van der Waals surface area (Å²) in [4.78, 5) is 28.8. The van der Waals surface area contributed by atoms with E-state index in [9.17, 15) is 4.79 Å². The number of hydrogen-bond donors (Lipinski definition) is 0. The Morgan fingerprint density at radius 1 is 1.06 bits per heavy atom. The number of nitrogens with zero attached hydrogens (tertiary/aromatic N) is 5. The lowest BCUT2D eigenvalue weighted by atomic mass is 10.0. The van der Waals surface area contributed by atoms with Gasteiger partial charge < -0.3 is 4.57 Å². The monoisotopic (exact) mass is 411 g/mol. The van der Waals surface area contributed by atoms with Crippen molar-refractivity contribution in [1.29, 1.82) is 0 Å². The molecule has 5 rings (SSSR count). The van der Waals surface area contributed by atoms with Crippen LogP contribution in [0.25, 0.3) is 22.3 Å². The van der Waals surface area contributed by atoms with Gasteiger partial charge in [-0.15, -0.1) is 0 Å². The van der Waals surface area contributed by atoms with Crippen LogP contribution in [0.15, 0.2) is 61.2 Å². The van der Waals surface area contributed by atoms with Gasteiger partial charge in [-0.25, -0.2) is 9.97 Å². The highest BCUT2D eigenvalue weighted by Gasteiger charge is 2.14. The lowest BCUT2D eigenvalue weighted by Gasteiger charge is -2.15. The summed E-state index contributed by atoms with van der Waals surface area (Å²) in [5.74, 6) is 0.0814. The third kappa shape index (κ3) is 4.25. The highest BCUT2D eigenvalue weighted by atomic mass is 16.1. The first-order chi connectivity index (χ1) is 15.2. The molecule has 156 valence electrons. The molecule has 0 N–H and O–H groups in total. The maximum Gasteiger partial charge on any atom is 0.168 e. The predicted octanol–water partition coefficient (Wildman–Crippen LogP) is 4.05. The number of ketones is 1. The highest BCUT2D eigenvalue weighted by Crippen LogP contribution is 2.21. The van der Waals surface area contributed by atoms with Gasteiger partial charge in [-0.05, 0) is 55.8 Å². The van der Waals surface area contributed by atoms with Gasteiger partial charge in [0.2, 0.25) is 0 Å². The second-order valence-corrected chi connectivity index (χ2v) is 8.24. The van der Waals surface area contributed by atoms with E-state index in [0.717, 1.165) is 53.2 Å². The summed E-state index contributed by atoms with van der Waals surface area (Å²) in [7, 11) is 1.95. The fraction of sp³-hybridized carbons (Fsp3) is 0.280. The quantitative estimate of drug-likeness (QED) is 0.448. The zero-order chi connectivity index (χ0) is 21.2. The fourth-order valence-electron chi connectivity index (χ4n) is 4.21. The number of imidazole rings is 1. The number of carbonyl (C=O) groups is 1. The number of likely N-dealkylation sites (tertiary alicyclic amines) is 1. The van der Waals surface area contributed by atoms with E-state index < -0.39 is 0 Å². The molecule has 31 heavy (non-hydrogen) atoms. The second-order valence-electron chi connectivity index (χ2n) is 8.24. The third-order valence-corrected chi connectivity index (χ3v) is 5.90. The van der Waals surface area contributed by atoms with Crippen LogP contribution >= 0.6 is 0 Å². The molecule has 1 aliphatic rings. The molecule has 1 aliphatic heterocycles. The zero-order valence-electron chi connectivity index (χ0n) is 17.7. The molecule has 0 aliphatic carbocycles. The average molecular weight is 412 g/mol. The number of Topliss-reactive ketones (excluding diaryl/α,β-unsaturated/α-hetero) is 1. The molecule has 4 aromatic rings. The maximum absolute atomic E-state index is 13.0. The molecule has 0 radical (unpaired) electrons. The van der Waals surface area contributed by atoms with Crippen molar-refractivity contribution in [1.82, 2.24) is 24.4 Å². The molecule has 0 unspecified atom stereocenters. The summed E-state index contributed by atoms with van der Waals surface area (Å²) in [5.41, 5.74) is 5.31. The first-order valence-corrected chi connectivity index (χ1v) is 10.7. The van der Waals surface area contributed by atoms with Gasteiger partial charge in [-0.3, -0.25) is 14.7 Å². The summed E-state index contributed by atoms with van der Waals surface area (Å²) in [6.07, 6.45) is 8.15. The fourth-order valence-corrected chi connectivity index (χ4v) is 4.21. The molecule has 4 heterocycles. The number of fused-ring (bicyclic) bond motifs is 1. The van der Waals surface area contributed by atoms with E-state index in [1.807, 2.05) is 48.0 Å². The summed E-state index contributed by atoms with van der Waals surface area (Å²) < 4.78 is 1.94. The van der Waals surface area contributed by atoms with E-state index in [2.05, 4.69) is 20.9 Å². The molecule has 0 atom stereocenters. The number of carbonyl (C=O) groups excluding carboxylic acids is 1. The zero-order valence-corrected chi connectivity index (χ0v) is 17.7. The van der Waals surface area contributed by atoms with Gasteiger partial charge in [0.1, 0.15) is 0 Å². The van der Waals surface area contributed by atoms with Crippen LogP contribution in [0.1, 0.15) is 34.5 Å². The smallest absolute Gasteiger partial charge is 0.168 e. The van der Waals surface area contributed by atoms with Crippen molar-refractivity contribution in [3.63, 3.8) is 0 Å². The van der Waals surface area contributed by atoms with Crippen LogP contribution in [-0.2, 0) is 20.0 Å². The minimum atomic E-state index is 0.0814. The number of rotatable bonds is 6. The summed E-state index contributed by atoms with van der Waals surface area (Å²) in [6, 6.07) is 13.9. The number of aromatic nitrogens is 4. The largest absolute Gasteiger partial charge is 0.332 e. The van der Waals surface area contributed by atoms with Gasteiger partial charge in [0, 0.05) is 30.7 Å². The van der Waals surface area contributed by atoms with E-state index in [4.69, 9.17) is 4.98 Å². The van der Waals surface area contributed by atoms with Gasteiger partial charge in [0.25, 0.3) is 0 Å². The molecule has 0 bridgehead atoms. The van der Waals surface area contributed by atoms with Crippen LogP contribution in [0.5, 0.6) is 0 Å². The van der Waals surface area contributed by atoms with Gasteiger partial charge in [-0.2, -0.15) is 0 Å². The van der Waals surface area contributed by atoms with Crippen LogP contribution in [-0.4, -0.2) is 43.3 Å². The number of pyridine rings is 2. The minimum absolute atomic E-state index is 0.0814. The van der Waals surface area contributed by atoms with E-state index in [1.54, 1.807) is 18.7 Å². The van der Waals surface area contributed by atoms with Crippen molar-refractivity contribution < 1.29 is 4.79 Å². The first-order valence-electron chi connectivity index (χ1n) is 10.7. The van der Waals surface area contributed by atoms with Crippen molar-refractivity contribution >= 4 is 16.7 Å². The standard InChI is InChI=1S/C25H25N5O/c1-29-17-26-15-24(29)22-8-7-20-14-27-21(12-23(20)28-22)13-25(31)19-6-4-5-18(11-19)16-30-9-2-3-10-30/h4-8,11-12,14-15,17H,2-3,9-10,13,16H2,1H3. The summed E-state index contributed by atoms with van der Waals surface area (Å²) >= 11 is 0. The number of benzene rings is 1. The Morgan fingerprint density at radius 3 is 2.74 bits per heavy atom. The second kappa shape index (κ2) is 8.40. The molecule has 6 nitrogen and oxygen atoms in total. The summed E-state index contributed by atoms with van der Waals surface area (Å²) in [5, 5.41) is 0.953. The predicted molar refractivity (Wildman–Crippen MR) is 121 cm³/mol. The van der Waals surface area contributed by atoms with Crippen LogP contribution < -0.4 is 0 Å². The summed E-state index contributed by atoms with van der Waals surface area (Å²) in [6.45, 7) is 3.20. The van der Waals surface area contributed by atoms with Crippen molar-refractivity contribution in [3.05, 3.63) is 78.0 Å². The lowest BCUT2D eigenvalue weighted by Crippen LogP contribution is -2.18. The lowest BCUT2D eigenvalue weighted by molar-refractivity contribution is 0.0992. The van der Waals surface area contributed by atoms with Crippen LogP contribution in [0.3, 0.4) is 0 Å². The Hall–Kier alpha value is -3.38. The molecule has 0 amide bonds. The first kappa shape index (κ1) is 19.6. The minimum Gasteiger partial charge on any atom is -0.332 e. The van der Waals surface area contributed by atoms with Crippen molar-refractivity contribution in [2.24, 2.45) is 7.05 Å². The van der Waals surface area contributed by atoms with E-state index in [-0.39, 0.29) is 12.2 Å². The topological polar surface area (TPSA) is 63.9 Å². The van der Waals surface area contributed by atoms with E-state index in [1.165, 1.54) is 18.4 Å². The molecule has 0 spiro atoms. The van der Waals surface area contributed by atoms with E-state index >= 15 is 0 Å². The normalized spacial score (nSPS) is 14.4. The van der Waals surface area contributed by atoms with Gasteiger partial charge in [-0.1, -0.05) is 18.2 Å². The number of hydrogen-bond acceptors (Lipinski definition) is 5. The van der Waals surface area contributed by atoms with Crippen molar-refractivity contribution in [2.75, 3.05) is 13.1 Å². The molecule has 6 heteroatoms. The third-order valence-electron chi connectivity index (χ3n) is 5.90. The van der Waals surface area contributed by atoms with Crippen LogP contribution in [0, 0.1) is 0 Å². The number of aryl methyl sites for hydroxylation is 1. The Kier molecular flexibility index (Phi) is 5.30. The Balaban J connectivity index is 1.36. The Labute approximate surface area is 181 Å². The van der Waals surface area contributed by atoms with Crippen molar-refractivity contribution in [3.8, 4) is 11.4 Å². The average Bonchev–Trinajstić information content (AvgIpc) is 3.45. The SMILES string of the molecule is Cn1cncc1-c1ccc2cnc(CC(=O)c3cccc(CN4CCCC4)c3)cc2n1. The molecule has 1 saturated heterocycles. The Bertz CT molecular complexity index is 1240. The van der Waals surface area contributed by atoms with Gasteiger partial charge in [0.15, 0.2) is 5.78 Å². The molecular weight excluding hydrogens is 386 g/mol. The highest BCUT2D eigenvalue weighted by molar-refractivity contribution is 5.97. The molecule has 1 fully saturated rings. The Morgan fingerprint density at radius 2 is 1.94 bits per heavy atom. The van der Waals surface area contributed by atoms with Gasteiger partial charge >= 0.3 is 0 Å². The molecule has 3 aromatic heterocycles. The maximum atomic E-state index is 13.0. The molecular formula is C25H25N5O. The van der Waals surface area contributed by atoms with Crippen LogP contribution in [0.2, 0.25) is 0 Å². The van der Waals surface area contributed by atoms with Gasteiger partial charge in [0.05, 0.1) is 41.5 Å².